The lowest BCUT2D eigenvalue weighted by Crippen LogP contribution is -2.41. The van der Waals surface area contributed by atoms with Gasteiger partial charge in [-0.05, 0) is 31.2 Å². The van der Waals surface area contributed by atoms with Gasteiger partial charge in [0, 0.05) is 25.7 Å². The summed E-state index contributed by atoms with van der Waals surface area (Å²) in [5, 5.41) is 14.4. The summed E-state index contributed by atoms with van der Waals surface area (Å²) in [6.45, 7) is 5.28. The van der Waals surface area contributed by atoms with Gasteiger partial charge in [-0.2, -0.15) is 0 Å². The standard InChI is InChI=1S/C14H21N5O3S/c20-19(21)13-5-2-1-4-12(13)16-17-14(23)15-6-3-7-18-8-10-22-11-9-18/h1-2,4-5,16H,3,6-11H2,(H2,15,17,23). The number of nitro groups is 1. The molecule has 126 valence electrons. The Kier molecular flexibility index (Phi) is 6.98. The zero-order valence-corrected chi connectivity index (χ0v) is 13.6. The lowest BCUT2D eigenvalue weighted by Gasteiger charge is -2.26. The summed E-state index contributed by atoms with van der Waals surface area (Å²) < 4.78 is 5.30. The maximum atomic E-state index is 10.9. The second-order valence-electron chi connectivity index (χ2n) is 5.09. The molecule has 0 spiro atoms. The lowest BCUT2D eigenvalue weighted by molar-refractivity contribution is -0.384. The number of nitro benzene ring substituents is 1. The highest BCUT2D eigenvalue weighted by atomic mass is 32.1. The van der Waals surface area contributed by atoms with Crippen molar-refractivity contribution in [1.82, 2.24) is 15.6 Å². The number of hydrogen-bond acceptors (Lipinski definition) is 6. The van der Waals surface area contributed by atoms with E-state index in [1.807, 2.05) is 0 Å². The summed E-state index contributed by atoms with van der Waals surface area (Å²) in [5.41, 5.74) is 5.89. The van der Waals surface area contributed by atoms with Crippen molar-refractivity contribution in [3.05, 3.63) is 34.4 Å². The number of anilines is 1. The fourth-order valence-corrected chi connectivity index (χ4v) is 2.39. The van der Waals surface area contributed by atoms with E-state index in [9.17, 15) is 10.1 Å². The van der Waals surface area contributed by atoms with Crippen LogP contribution >= 0.6 is 12.2 Å². The molecule has 1 fully saturated rings. The Bertz CT molecular complexity index is 537. The molecule has 2 rings (SSSR count). The Morgan fingerprint density at radius 3 is 2.83 bits per heavy atom. The van der Waals surface area contributed by atoms with E-state index in [1.165, 1.54) is 6.07 Å². The topological polar surface area (TPSA) is 91.7 Å². The molecule has 0 aliphatic carbocycles. The minimum Gasteiger partial charge on any atom is -0.379 e. The summed E-state index contributed by atoms with van der Waals surface area (Å²) in [5.74, 6) is 0. The fourth-order valence-electron chi connectivity index (χ4n) is 2.24. The van der Waals surface area contributed by atoms with Crippen LogP contribution in [0.4, 0.5) is 11.4 Å². The number of ether oxygens (including phenoxy) is 1. The Morgan fingerprint density at radius 2 is 2.09 bits per heavy atom. The Morgan fingerprint density at radius 1 is 1.35 bits per heavy atom. The van der Waals surface area contributed by atoms with Crippen molar-refractivity contribution in [3.8, 4) is 0 Å². The van der Waals surface area contributed by atoms with Crippen molar-refractivity contribution in [3.63, 3.8) is 0 Å². The number of rotatable bonds is 7. The maximum Gasteiger partial charge on any atom is 0.294 e. The van der Waals surface area contributed by atoms with E-state index >= 15 is 0 Å². The van der Waals surface area contributed by atoms with E-state index in [0.29, 0.717) is 10.8 Å². The Hall–Kier alpha value is -1.97. The van der Waals surface area contributed by atoms with Crippen molar-refractivity contribution in [2.45, 2.75) is 6.42 Å². The van der Waals surface area contributed by atoms with Crippen molar-refractivity contribution < 1.29 is 9.66 Å². The van der Waals surface area contributed by atoms with Crippen molar-refractivity contribution in [2.75, 3.05) is 44.8 Å². The minimum absolute atomic E-state index is 0.00452. The number of nitrogens with zero attached hydrogens (tertiary/aromatic N) is 2. The number of morpholine rings is 1. The second-order valence-corrected chi connectivity index (χ2v) is 5.50. The predicted octanol–water partition coefficient (Wildman–Crippen LogP) is 1.11. The van der Waals surface area contributed by atoms with Gasteiger partial charge >= 0.3 is 0 Å². The van der Waals surface area contributed by atoms with E-state index in [1.54, 1.807) is 18.2 Å². The van der Waals surface area contributed by atoms with Crippen LogP contribution in [0.2, 0.25) is 0 Å². The van der Waals surface area contributed by atoms with E-state index in [-0.39, 0.29) is 5.69 Å². The first-order valence-electron chi connectivity index (χ1n) is 7.50. The van der Waals surface area contributed by atoms with Crippen LogP contribution in [0.3, 0.4) is 0 Å². The first kappa shape index (κ1) is 17.4. The van der Waals surface area contributed by atoms with Crippen LogP contribution in [-0.4, -0.2) is 54.3 Å². The fraction of sp³-hybridized carbons (Fsp3) is 0.500. The Labute approximate surface area is 140 Å². The quantitative estimate of drug-likeness (QED) is 0.294. The monoisotopic (exact) mass is 339 g/mol. The summed E-state index contributed by atoms with van der Waals surface area (Å²) >= 11 is 5.14. The average Bonchev–Trinajstić information content (AvgIpc) is 2.58. The summed E-state index contributed by atoms with van der Waals surface area (Å²) in [6.07, 6.45) is 0.966. The molecule has 0 bridgehead atoms. The molecular weight excluding hydrogens is 318 g/mol. The van der Waals surface area contributed by atoms with E-state index in [4.69, 9.17) is 17.0 Å². The normalized spacial score (nSPS) is 15.0. The Balaban J connectivity index is 1.64. The molecular formula is C14H21N5O3S. The van der Waals surface area contributed by atoms with Gasteiger partial charge in [0.1, 0.15) is 5.69 Å². The third-order valence-electron chi connectivity index (χ3n) is 3.45. The van der Waals surface area contributed by atoms with Crippen LogP contribution in [-0.2, 0) is 4.74 Å². The molecule has 0 radical (unpaired) electrons. The molecule has 1 aliphatic rings. The van der Waals surface area contributed by atoms with E-state index < -0.39 is 4.92 Å². The zero-order valence-electron chi connectivity index (χ0n) is 12.8. The number of hydrazine groups is 1. The predicted molar refractivity (Wildman–Crippen MR) is 92.3 cm³/mol. The largest absolute Gasteiger partial charge is 0.379 e. The molecule has 23 heavy (non-hydrogen) atoms. The number of thiocarbonyl (C=S) groups is 1. The van der Waals surface area contributed by atoms with Gasteiger partial charge in [-0.25, -0.2) is 0 Å². The van der Waals surface area contributed by atoms with Gasteiger partial charge < -0.3 is 10.1 Å². The molecule has 0 atom stereocenters. The highest BCUT2D eigenvalue weighted by molar-refractivity contribution is 7.80. The van der Waals surface area contributed by atoms with Crippen molar-refractivity contribution >= 4 is 28.7 Å². The molecule has 1 aromatic carbocycles. The highest BCUT2D eigenvalue weighted by Gasteiger charge is 2.12. The summed E-state index contributed by atoms with van der Waals surface area (Å²) in [4.78, 5) is 12.8. The number of benzene rings is 1. The maximum absolute atomic E-state index is 10.9. The van der Waals surface area contributed by atoms with Crippen molar-refractivity contribution in [2.24, 2.45) is 0 Å². The molecule has 0 saturated carbocycles. The molecule has 1 aromatic rings. The second kappa shape index (κ2) is 9.23. The zero-order chi connectivity index (χ0) is 16.5. The molecule has 1 aliphatic heterocycles. The van der Waals surface area contributed by atoms with Gasteiger partial charge in [-0.15, -0.1) is 0 Å². The van der Waals surface area contributed by atoms with E-state index in [2.05, 4.69) is 21.1 Å². The van der Waals surface area contributed by atoms with Crippen LogP contribution in [0.5, 0.6) is 0 Å². The SMILES string of the molecule is O=[N+]([O-])c1ccccc1NNC(=S)NCCCN1CCOCC1. The van der Waals surface area contributed by atoms with Gasteiger partial charge in [-0.1, -0.05) is 12.1 Å². The molecule has 1 heterocycles. The number of hydrogen-bond donors (Lipinski definition) is 3. The molecule has 8 nitrogen and oxygen atoms in total. The molecule has 9 heteroatoms. The van der Waals surface area contributed by atoms with Crippen molar-refractivity contribution in [1.29, 1.82) is 0 Å². The van der Waals surface area contributed by atoms with Crippen LogP contribution in [0.25, 0.3) is 0 Å². The van der Waals surface area contributed by atoms with Gasteiger partial charge in [0.2, 0.25) is 0 Å². The third kappa shape index (κ3) is 5.97. The minimum atomic E-state index is -0.442. The van der Waals surface area contributed by atoms with Crippen LogP contribution < -0.4 is 16.2 Å². The number of nitrogens with one attached hydrogen (secondary N) is 3. The third-order valence-corrected chi connectivity index (χ3v) is 3.70. The lowest BCUT2D eigenvalue weighted by atomic mass is 10.3. The van der Waals surface area contributed by atoms with Crippen LogP contribution in [0.15, 0.2) is 24.3 Å². The molecule has 1 saturated heterocycles. The summed E-state index contributed by atoms with van der Waals surface area (Å²) in [6, 6.07) is 6.39. The van der Waals surface area contributed by atoms with E-state index in [0.717, 1.165) is 45.8 Å². The molecule has 0 amide bonds. The highest BCUT2D eigenvalue weighted by Crippen LogP contribution is 2.21. The molecule has 0 unspecified atom stereocenters. The summed E-state index contributed by atoms with van der Waals surface area (Å²) in [7, 11) is 0. The average molecular weight is 339 g/mol. The van der Waals surface area contributed by atoms with Gasteiger partial charge in [0.05, 0.1) is 18.1 Å². The molecule has 0 aromatic heterocycles. The number of para-hydroxylation sites is 2. The van der Waals surface area contributed by atoms with Gasteiger partial charge in [0.25, 0.3) is 5.69 Å². The smallest absolute Gasteiger partial charge is 0.294 e. The molecule has 3 N–H and O–H groups in total. The van der Waals surface area contributed by atoms with Gasteiger partial charge in [-0.3, -0.25) is 25.9 Å². The van der Waals surface area contributed by atoms with Crippen LogP contribution in [0, 0.1) is 10.1 Å². The first-order chi connectivity index (χ1) is 11.2. The van der Waals surface area contributed by atoms with Crippen LogP contribution in [0.1, 0.15) is 6.42 Å². The van der Waals surface area contributed by atoms with Gasteiger partial charge in [0.15, 0.2) is 5.11 Å². The first-order valence-corrected chi connectivity index (χ1v) is 7.91.